The Bertz CT molecular complexity index is 314. The van der Waals surface area contributed by atoms with Crippen molar-refractivity contribution in [3.05, 3.63) is 0 Å². The predicted molar refractivity (Wildman–Crippen MR) is 82.7 cm³/mol. The van der Waals surface area contributed by atoms with Crippen LogP contribution in [0.15, 0.2) is 0 Å². The van der Waals surface area contributed by atoms with Gasteiger partial charge in [-0.05, 0) is 58.5 Å². The smallest absolute Gasteiger partial charge is 0.327 e. The molecule has 0 bridgehead atoms. The van der Waals surface area contributed by atoms with Gasteiger partial charge in [-0.25, -0.2) is 4.79 Å². The van der Waals surface area contributed by atoms with Crippen LogP contribution in [0.25, 0.3) is 0 Å². The van der Waals surface area contributed by atoms with E-state index >= 15 is 0 Å². The molecule has 0 amide bonds. The van der Waals surface area contributed by atoms with Crippen LogP contribution in [0, 0.1) is 11.8 Å². The first-order valence-corrected chi connectivity index (χ1v) is 7.86. The zero-order valence-electron chi connectivity index (χ0n) is 14.0. The maximum Gasteiger partial charge on any atom is 0.327 e. The van der Waals surface area contributed by atoms with Crippen molar-refractivity contribution in [3.8, 4) is 0 Å². The average molecular weight is 284 g/mol. The Labute approximate surface area is 124 Å². The lowest BCUT2D eigenvalue weighted by Gasteiger charge is -2.37. The third-order valence-corrected chi connectivity index (χ3v) is 3.98. The van der Waals surface area contributed by atoms with Gasteiger partial charge < -0.3 is 9.64 Å². The molecule has 0 aromatic heterocycles. The Morgan fingerprint density at radius 2 is 1.95 bits per heavy atom. The molecule has 20 heavy (non-hydrogen) atoms. The van der Waals surface area contributed by atoms with Crippen molar-refractivity contribution >= 4 is 5.97 Å². The van der Waals surface area contributed by atoms with Gasteiger partial charge in [-0.2, -0.15) is 0 Å². The molecular weight excluding hydrogens is 252 g/mol. The number of carbonyl (C=O) groups is 1. The Morgan fingerprint density at radius 1 is 1.35 bits per heavy atom. The highest BCUT2D eigenvalue weighted by Crippen LogP contribution is 2.41. The van der Waals surface area contributed by atoms with Crippen molar-refractivity contribution in [2.45, 2.75) is 58.5 Å². The van der Waals surface area contributed by atoms with E-state index in [0.29, 0.717) is 11.8 Å². The molecule has 1 aliphatic carbocycles. The van der Waals surface area contributed by atoms with Crippen LogP contribution in [0.4, 0.5) is 0 Å². The standard InChI is InChI=1S/C16H32N2O2/c1-12(2)9-10-18(5)11-16(14-7-8-14,15(19)20-6)17-13(3)4/h12-14,17H,7-11H2,1-6H3. The quantitative estimate of drug-likeness (QED) is 0.660. The second kappa shape index (κ2) is 7.41. The highest BCUT2D eigenvalue weighted by Gasteiger charge is 2.52. The van der Waals surface area contributed by atoms with Crippen molar-refractivity contribution < 1.29 is 9.53 Å². The molecule has 1 rings (SSSR count). The van der Waals surface area contributed by atoms with Crippen LogP contribution in [-0.2, 0) is 9.53 Å². The molecule has 4 heteroatoms. The number of nitrogens with zero attached hydrogens (tertiary/aromatic N) is 1. The number of rotatable bonds is 9. The molecule has 0 spiro atoms. The summed E-state index contributed by atoms with van der Waals surface area (Å²) in [6, 6.07) is 0.271. The molecule has 0 saturated heterocycles. The van der Waals surface area contributed by atoms with Crippen LogP contribution < -0.4 is 5.32 Å². The lowest BCUT2D eigenvalue weighted by molar-refractivity contribution is -0.151. The molecule has 118 valence electrons. The lowest BCUT2D eigenvalue weighted by Crippen LogP contribution is -2.62. The summed E-state index contributed by atoms with van der Waals surface area (Å²) in [6.07, 6.45) is 3.39. The summed E-state index contributed by atoms with van der Waals surface area (Å²) in [5, 5.41) is 3.51. The van der Waals surface area contributed by atoms with Crippen molar-refractivity contribution in [2.24, 2.45) is 11.8 Å². The second-order valence-corrected chi connectivity index (χ2v) is 6.96. The zero-order chi connectivity index (χ0) is 15.3. The molecule has 1 N–H and O–H groups in total. The Hall–Kier alpha value is -0.610. The minimum atomic E-state index is -0.533. The number of methoxy groups -OCH3 is 1. The maximum absolute atomic E-state index is 12.4. The van der Waals surface area contributed by atoms with Gasteiger partial charge in [-0.1, -0.05) is 13.8 Å². The Kier molecular flexibility index (Phi) is 6.46. The fraction of sp³-hybridized carbons (Fsp3) is 0.938. The van der Waals surface area contributed by atoms with E-state index in [-0.39, 0.29) is 12.0 Å². The average Bonchev–Trinajstić information content (AvgIpc) is 3.18. The fourth-order valence-electron chi connectivity index (χ4n) is 2.84. The SMILES string of the molecule is COC(=O)C(CN(C)CCC(C)C)(NC(C)C)C1CC1. The monoisotopic (exact) mass is 284 g/mol. The van der Waals surface area contributed by atoms with Crippen molar-refractivity contribution in [2.75, 3.05) is 27.2 Å². The summed E-state index contributed by atoms with van der Waals surface area (Å²) in [7, 11) is 3.60. The molecule has 0 heterocycles. The molecule has 1 atom stereocenters. The summed E-state index contributed by atoms with van der Waals surface area (Å²) in [6.45, 7) is 10.4. The van der Waals surface area contributed by atoms with E-state index in [1.54, 1.807) is 0 Å². The number of carbonyl (C=O) groups excluding carboxylic acids is 1. The molecule has 0 radical (unpaired) electrons. The predicted octanol–water partition coefficient (Wildman–Crippen LogP) is 2.28. The van der Waals surface area contributed by atoms with Crippen LogP contribution in [0.1, 0.15) is 47.0 Å². The fourth-order valence-corrected chi connectivity index (χ4v) is 2.84. The highest BCUT2D eigenvalue weighted by atomic mass is 16.5. The molecule has 1 fully saturated rings. The summed E-state index contributed by atoms with van der Waals surface area (Å²) in [5.41, 5.74) is -0.533. The molecule has 0 aromatic rings. The number of likely N-dealkylation sites (N-methyl/N-ethyl adjacent to an activating group) is 1. The summed E-state index contributed by atoms with van der Waals surface area (Å²) in [4.78, 5) is 14.7. The van der Waals surface area contributed by atoms with Gasteiger partial charge in [0.15, 0.2) is 0 Å². The van der Waals surface area contributed by atoms with E-state index in [0.717, 1.165) is 32.4 Å². The van der Waals surface area contributed by atoms with Gasteiger partial charge in [0.05, 0.1) is 7.11 Å². The second-order valence-electron chi connectivity index (χ2n) is 6.96. The van der Waals surface area contributed by atoms with E-state index in [2.05, 4.69) is 45.0 Å². The normalized spacial score (nSPS) is 18.6. The molecule has 1 unspecified atom stereocenters. The number of hydrogen-bond acceptors (Lipinski definition) is 4. The minimum Gasteiger partial charge on any atom is -0.468 e. The lowest BCUT2D eigenvalue weighted by atomic mass is 9.91. The molecule has 0 aliphatic heterocycles. The molecular formula is C16H32N2O2. The highest BCUT2D eigenvalue weighted by molar-refractivity contribution is 5.82. The van der Waals surface area contributed by atoms with E-state index in [1.165, 1.54) is 7.11 Å². The first-order valence-electron chi connectivity index (χ1n) is 7.86. The Morgan fingerprint density at radius 3 is 2.35 bits per heavy atom. The van der Waals surface area contributed by atoms with Gasteiger partial charge in [0.2, 0.25) is 0 Å². The topological polar surface area (TPSA) is 41.6 Å². The summed E-state index contributed by atoms with van der Waals surface area (Å²) < 4.78 is 5.12. The van der Waals surface area contributed by atoms with Gasteiger partial charge >= 0.3 is 5.97 Å². The number of hydrogen-bond donors (Lipinski definition) is 1. The van der Waals surface area contributed by atoms with Gasteiger partial charge in [-0.3, -0.25) is 5.32 Å². The first-order chi connectivity index (χ1) is 9.31. The third-order valence-electron chi connectivity index (χ3n) is 3.98. The number of nitrogens with one attached hydrogen (secondary N) is 1. The van der Waals surface area contributed by atoms with Gasteiger partial charge in [-0.15, -0.1) is 0 Å². The summed E-state index contributed by atoms with van der Waals surface area (Å²) in [5.74, 6) is 0.993. The number of ether oxygens (including phenoxy) is 1. The molecule has 1 saturated carbocycles. The van der Waals surface area contributed by atoms with E-state index in [4.69, 9.17) is 4.74 Å². The summed E-state index contributed by atoms with van der Waals surface area (Å²) >= 11 is 0. The van der Waals surface area contributed by atoms with E-state index in [1.807, 2.05) is 0 Å². The van der Waals surface area contributed by atoms with Crippen molar-refractivity contribution in [1.82, 2.24) is 10.2 Å². The molecule has 1 aliphatic rings. The largest absolute Gasteiger partial charge is 0.468 e. The molecule has 0 aromatic carbocycles. The zero-order valence-corrected chi connectivity index (χ0v) is 14.0. The third kappa shape index (κ3) is 4.74. The number of esters is 1. The van der Waals surface area contributed by atoms with E-state index in [9.17, 15) is 4.79 Å². The van der Waals surface area contributed by atoms with Gasteiger partial charge in [0.1, 0.15) is 5.54 Å². The van der Waals surface area contributed by atoms with Crippen LogP contribution >= 0.6 is 0 Å². The molecule has 4 nitrogen and oxygen atoms in total. The van der Waals surface area contributed by atoms with Crippen molar-refractivity contribution in [3.63, 3.8) is 0 Å². The van der Waals surface area contributed by atoms with Crippen LogP contribution in [0.5, 0.6) is 0 Å². The van der Waals surface area contributed by atoms with Gasteiger partial charge in [0.25, 0.3) is 0 Å². The Balaban J connectivity index is 2.77. The van der Waals surface area contributed by atoms with E-state index < -0.39 is 5.54 Å². The van der Waals surface area contributed by atoms with Crippen LogP contribution in [0.3, 0.4) is 0 Å². The van der Waals surface area contributed by atoms with Crippen LogP contribution in [0.2, 0.25) is 0 Å². The minimum absolute atomic E-state index is 0.106. The van der Waals surface area contributed by atoms with Gasteiger partial charge in [0, 0.05) is 12.6 Å². The van der Waals surface area contributed by atoms with Crippen LogP contribution in [-0.4, -0.2) is 49.7 Å². The first kappa shape index (κ1) is 17.4. The van der Waals surface area contributed by atoms with Crippen molar-refractivity contribution in [1.29, 1.82) is 0 Å². The maximum atomic E-state index is 12.4.